The van der Waals surface area contributed by atoms with Gasteiger partial charge >= 0.3 is 0 Å². The van der Waals surface area contributed by atoms with Crippen LogP contribution >= 0.6 is 11.6 Å². The first-order chi connectivity index (χ1) is 8.77. The van der Waals surface area contributed by atoms with Crippen molar-refractivity contribution in [3.63, 3.8) is 0 Å². The standard InChI is InChI=1S/C14H18ClNO2/c15-12-3-1-2-4-14(12)18-10-7-13(17)11-5-8-16-9-6-11/h1-4,11,16H,5-10H2. The van der Waals surface area contributed by atoms with Crippen molar-refractivity contribution in [3.05, 3.63) is 29.3 Å². The molecule has 0 bridgehead atoms. The number of benzene rings is 1. The lowest BCUT2D eigenvalue weighted by molar-refractivity contribution is -0.124. The van der Waals surface area contributed by atoms with Gasteiger partial charge in [0.25, 0.3) is 0 Å². The first kappa shape index (κ1) is 13.4. The third-order valence-corrected chi connectivity index (χ3v) is 3.55. The molecular formula is C14H18ClNO2. The molecule has 0 aliphatic carbocycles. The van der Waals surface area contributed by atoms with Crippen molar-refractivity contribution in [3.8, 4) is 5.75 Å². The molecule has 1 aliphatic heterocycles. The maximum atomic E-state index is 11.9. The molecule has 0 aromatic heterocycles. The van der Waals surface area contributed by atoms with Crippen LogP contribution in [-0.2, 0) is 4.79 Å². The minimum atomic E-state index is 0.209. The number of para-hydroxylation sites is 1. The van der Waals surface area contributed by atoms with Gasteiger partial charge in [0.2, 0.25) is 0 Å². The number of ketones is 1. The second-order valence-electron chi connectivity index (χ2n) is 4.52. The lowest BCUT2D eigenvalue weighted by Gasteiger charge is -2.21. The molecule has 0 radical (unpaired) electrons. The molecule has 1 saturated heterocycles. The van der Waals surface area contributed by atoms with Crippen molar-refractivity contribution in [2.24, 2.45) is 5.92 Å². The van der Waals surface area contributed by atoms with Gasteiger partial charge in [-0.1, -0.05) is 23.7 Å². The minimum absolute atomic E-state index is 0.209. The predicted octanol–water partition coefficient (Wildman–Crippen LogP) is 2.68. The Labute approximate surface area is 112 Å². The first-order valence-corrected chi connectivity index (χ1v) is 6.76. The van der Waals surface area contributed by atoms with E-state index in [1.54, 1.807) is 6.07 Å². The van der Waals surface area contributed by atoms with Crippen LogP contribution in [0.5, 0.6) is 5.75 Å². The summed E-state index contributed by atoms with van der Waals surface area (Å²) in [6.45, 7) is 2.30. The highest BCUT2D eigenvalue weighted by Gasteiger charge is 2.20. The van der Waals surface area contributed by atoms with Gasteiger partial charge in [0.1, 0.15) is 11.5 Å². The van der Waals surface area contributed by atoms with Gasteiger partial charge in [0.15, 0.2) is 0 Å². The van der Waals surface area contributed by atoms with Gasteiger partial charge in [-0.25, -0.2) is 0 Å². The molecule has 1 heterocycles. The molecule has 1 fully saturated rings. The molecule has 98 valence electrons. The third kappa shape index (κ3) is 3.72. The van der Waals surface area contributed by atoms with Crippen molar-refractivity contribution in [2.75, 3.05) is 19.7 Å². The number of hydrogen-bond donors (Lipinski definition) is 1. The van der Waals surface area contributed by atoms with Crippen LogP contribution in [0.4, 0.5) is 0 Å². The number of piperidine rings is 1. The van der Waals surface area contributed by atoms with Crippen LogP contribution in [0.3, 0.4) is 0 Å². The zero-order chi connectivity index (χ0) is 12.8. The number of halogens is 1. The second kappa shape index (κ2) is 6.76. The van der Waals surface area contributed by atoms with Crippen molar-refractivity contribution in [1.29, 1.82) is 0 Å². The molecule has 0 spiro atoms. The number of carbonyl (C=O) groups is 1. The van der Waals surface area contributed by atoms with Crippen LogP contribution in [0, 0.1) is 5.92 Å². The third-order valence-electron chi connectivity index (χ3n) is 3.24. The summed E-state index contributed by atoms with van der Waals surface area (Å²) in [4.78, 5) is 11.9. The van der Waals surface area contributed by atoms with Gasteiger partial charge in [-0.2, -0.15) is 0 Å². The monoisotopic (exact) mass is 267 g/mol. The molecule has 4 heteroatoms. The van der Waals surface area contributed by atoms with E-state index in [1.807, 2.05) is 18.2 Å². The number of rotatable bonds is 5. The summed E-state index contributed by atoms with van der Waals surface area (Å²) in [5.41, 5.74) is 0. The van der Waals surface area contributed by atoms with Gasteiger partial charge in [-0.15, -0.1) is 0 Å². The number of nitrogens with one attached hydrogen (secondary N) is 1. The van der Waals surface area contributed by atoms with E-state index in [0.29, 0.717) is 29.6 Å². The number of hydrogen-bond acceptors (Lipinski definition) is 3. The Balaban J connectivity index is 1.75. The average Bonchev–Trinajstić information content (AvgIpc) is 2.42. The fourth-order valence-corrected chi connectivity index (χ4v) is 2.36. The van der Waals surface area contributed by atoms with Crippen molar-refractivity contribution in [1.82, 2.24) is 5.32 Å². The highest BCUT2D eigenvalue weighted by molar-refractivity contribution is 6.32. The van der Waals surface area contributed by atoms with E-state index in [1.165, 1.54) is 0 Å². The summed E-state index contributed by atoms with van der Waals surface area (Å²) in [5, 5.41) is 3.85. The molecule has 18 heavy (non-hydrogen) atoms. The quantitative estimate of drug-likeness (QED) is 0.891. The smallest absolute Gasteiger partial charge is 0.139 e. The molecule has 3 nitrogen and oxygen atoms in total. The van der Waals surface area contributed by atoms with Crippen LogP contribution in [0.1, 0.15) is 19.3 Å². The fourth-order valence-electron chi connectivity index (χ4n) is 2.17. The van der Waals surface area contributed by atoms with Crippen LogP contribution in [0.15, 0.2) is 24.3 Å². The molecule has 1 aromatic carbocycles. The van der Waals surface area contributed by atoms with Crippen molar-refractivity contribution >= 4 is 17.4 Å². The van der Waals surface area contributed by atoms with E-state index in [0.717, 1.165) is 25.9 Å². The van der Waals surface area contributed by atoms with Crippen LogP contribution < -0.4 is 10.1 Å². The molecule has 2 rings (SSSR count). The maximum Gasteiger partial charge on any atom is 0.139 e. The van der Waals surface area contributed by atoms with Crippen LogP contribution in [0.2, 0.25) is 5.02 Å². The summed E-state index contributed by atoms with van der Waals surface area (Å²) in [7, 11) is 0. The van der Waals surface area contributed by atoms with E-state index in [9.17, 15) is 4.79 Å². The van der Waals surface area contributed by atoms with Gasteiger partial charge in [-0.3, -0.25) is 4.79 Å². The summed E-state index contributed by atoms with van der Waals surface area (Å²) in [5.74, 6) is 1.17. The van der Waals surface area contributed by atoms with E-state index in [-0.39, 0.29) is 5.92 Å². The molecule has 0 saturated carbocycles. The molecule has 1 aromatic rings. The molecule has 1 aliphatic rings. The first-order valence-electron chi connectivity index (χ1n) is 6.38. The Morgan fingerprint density at radius 1 is 1.33 bits per heavy atom. The topological polar surface area (TPSA) is 38.3 Å². The maximum absolute atomic E-state index is 11.9. The van der Waals surface area contributed by atoms with Crippen LogP contribution in [0.25, 0.3) is 0 Å². The Hall–Kier alpha value is -1.06. The van der Waals surface area contributed by atoms with Crippen LogP contribution in [-0.4, -0.2) is 25.5 Å². The lowest BCUT2D eigenvalue weighted by Crippen LogP contribution is -2.32. The van der Waals surface area contributed by atoms with Crippen molar-refractivity contribution < 1.29 is 9.53 Å². The number of Topliss-reactive ketones (excluding diaryl/α,β-unsaturated/α-hetero) is 1. The molecule has 0 atom stereocenters. The second-order valence-corrected chi connectivity index (χ2v) is 4.93. The zero-order valence-electron chi connectivity index (χ0n) is 10.3. The van der Waals surface area contributed by atoms with E-state index >= 15 is 0 Å². The summed E-state index contributed by atoms with van der Waals surface area (Å²) in [6, 6.07) is 7.33. The van der Waals surface area contributed by atoms with Gasteiger partial charge < -0.3 is 10.1 Å². The Morgan fingerprint density at radius 3 is 2.78 bits per heavy atom. The highest BCUT2D eigenvalue weighted by Crippen LogP contribution is 2.23. The minimum Gasteiger partial charge on any atom is -0.492 e. The predicted molar refractivity (Wildman–Crippen MR) is 72.2 cm³/mol. The van der Waals surface area contributed by atoms with Gasteiger partial charge in [0.05, 0.1) is 11.6 Å². The van der Waals surface area contributed by atoms with E-state index < -0.39 is 0 Å². The molecule has 0 unspecified atom stereocenters. The highest BCUT2D eigenvalue weighted by atomic mass is 35.5. The number of ether oxygens (including phenoxy) is 1. The normalized spacial score (nSPS) is 16.5. The van der Waals surface area contributed by atoms with Gasteiger partial charge in [0, 0.05) is 12.3 Å². The number of carbonyl (C=O) groups excluding carboxylic acids is 1. The summed E-state index contributed by atoms with van der Waals surface area (Å²) in [6.07, 6.45) is 2.37. The lowest BCUT2D eigenvalue weighted by atomic mass is 9.92. The Kier molecular flexibility index (Phi) is 5.02. The molecule has 1 N–H and O–H groups in total. The summed E-state index contributed by atoms with van der Waals surface area (Å²) < 4.78 is 5.53. The Bertz CT molecular complexity index is 403. The fraction of sp³-hybridized carbons (Fsp3) is 0.500. The van der Waals surface area contributed by atoms with E-state index in [4.69, 9.17) is 16.3 Å². The van der Waals surface area contributed by atoms with E-state index in [2.05, 4.69) is 5.32 Å². The molecule has 0 amide bonds. The largest absolute Gasteiger partial charge is 0.492 e. The van der Waals surface area contributed by atoms with Gasteiger partial charge in [-0.05, 0) is 38.1 Å². The zero-order valence-corrected chi connectivity index (χ0v) is 11.1. The summed E-state index contributed by atoms with van der Waals surface area (Å²) >= 11 is 5.97. The van der Waals surface area contributed by atoms with Crippen molar-refractivity contribution in [2.45, 2.75) is 19.3 Å². The molecular weight excluding hydrogens is 250 g/mol. The Morgan fingerprint density at radius 2 is 2.06 bits per heavy atom. The average molecular weight is 268 g/mol. The SMILES string of the molecule is O=C(CCOc1ccccc1Cl)C1CCNCC1.